The fraction of sp³-hybridized carbons (Fsp3) is 0.529. The van der Waals surface area contributed by atoms with Crippen LogP contribution in [0.25, 0.3) is 0 Å². The van der Waals surface area contributed by atoms with Crippen LogP contribution in [0.4, 0.5) is 0 Å². The van der Waals surface area contributed by atoms with Gasteiger partial charge in [0.25, 0.3) is 0 Å². The van der Waals surface area contributed by atoms with E-state index in [4.69, 9.17) is 10.3 Å². The molecule has 2 unspecified atom stereocenters. The second kappa shape index (κ2) is 7.75. The Morgan fingerprint density at radius 1 is 1.14 bits per heavy atom. The van der Waals surface area contributed by atoms with Crippen LogP contribution < -0.4 is 5.73 Å². The number of nitrogens with two attached hydrogens (primary N) is 1. The monoisotopic (exact) mass is 321 g/mol. The highest BCUT2D eigenvalue weighted by molar-refractivity contribution is 5.85. The smallest absolute Gasteiger partial charge is 0.231 e. The lowest BCUT2D eigenvalue weighted by Gasteiger charge is -2.18. The molecule has 2 atom stereocenters. The van der Waals surface area contributed by atoms with Crippen molar-refractivity contribution >= 4 is 12.4 Å². The molecule has 3 rings (SSSR count). The number of halogens is 1. The van der Waals surface area contributed by atoms with E-state index < -0.39 is 0 Å². The maximum atomic E-state index is 6.33. The van der Waals surface area contributed by atoms with Crippen LogP contribution in [0, 0.1) is 0 Å². The number of hydrogen-bond donors (Lipinski definition) is 1. The van der Waals surface area contributed by atoms with E-state index in [-0.39, 0.29) is 24.4 Å². The zero-order valence-electron chi connectivity index (χ0n) is 12.9. The Morgan fingerprint density at radius 3 is 2.50 bits per heavy atom. The van der Waals surface area contributed by atoms with Crippen molar-refractivity contribution in [3.8, 4) is 0 Å². The van der Waals surface area contributed by atoms with E-state index in [0.717, 1.165) is 11.4 Å². The minimum Gasteiger partial charge on any atom is -0.339 e. The SMILES string of the molecule is CC(c1nc(C2CCCCC2)no1)C(N)c1ccccc1.Cl. The maximum absolute atomic E-state index is 6.33. The summed E-state index contributed by atoms with van der Waals surface area (Å²) in [5.74, 6) is 2.03. The number of hydrogen-bond acceptors (Lipinski definition) is 4. The molecule has 22 heavy (non-hydrogen) atoms. The highest BCUT2D eigenvalue weighted by atomic mass is 35.5. The Hall–Kier alpha value is -1.39. The van der Waals surface area contributed by atoms with E-state index in [9.17, 15) is 0 Å². The molecule has 1 saturated carbocycles. The summed E-state index contributed by atoms with van der Waals surface area (Å²) in [5, 5.41) is 4.20. The van der Waals surface area contributed by atoms with Gasteiger partial charge in [-0.05, 0) is 18.4 Å². The van der Waals surface area contributed by atoms with Crippen LogP contribution in [-0.2, 0) is 0 Å². The molecule has 1 fully saturated rings. The average molecular weight is 322 g/mol. The van der Waals surface area contributed by atoms with E-state index in [1.807, 2.05) is 30.3 Å². The molecule has 0 amide bonds. The summed E-state index contributed by atoms with van der Waals surface area (Å²) in [5.41, 5.74) is 7.43. The molecule has 0 aliphatic heterocycles. The van der Waals surface area contributed by atoms with Gasteiger partial charge in [0, 0.05) is 12.0 Å². The summed E-state index contributed by atoms with van der Waals surface area (Å²) in [6.45, 7) is 2.05. The molecule has 0 radical (unpaired) electrons. The second-order valence-electron chi connectivity index (χ2n) is 6.05. The average Bonchev–Trinajstić information content (AvgIpc) is 3.05. The van der Waals surface area contributed by atoms with Gasteiger partial charge in [-0.15, -0.1) is 12.4 Å². The summed E-state index contributed by atoms with van der Waals surface area (Å²) in [6.07, 6.45) is 6.23. The van der Waals surface area contributed by atoms with Crippen molar-refractivity contribution in [3.05, 3.63) is 47.6 Å². The fourth-order valence-electron chi connectivity index (χ4n) is 3.08. The molecule has 1 aliphatic rings. The predicted molar refractivity (Wildman–Crippen MR) is 89.2 cm³/mol. The van der Waals surface area contributed by atoms with Crippen molar-refractivity contribution in [2.45, 2.75) is 56.9 Å². The quantitative estimate of drug-likeness (QED) is 0.909. The lowest BCUT2D eigenvalue weighted by molar-refractivity contribution is 0.333. The van der Waals surface area contributed by atoms with E-state index in [1.54, 1.807) is 0 Å². The van der Waals surface area contributed by atoms with E-state index in [0.29, 0.717) is 11.8 Å². The third-order valence-corrected chi connectivity index (χ3v) is 4.54. The Balaban J connectivity index is 0.00000176. The molecule has 2 N–H and O–H groups in total. The highest BCUT2D eigenvalue weighted by Gasteiger charge is 2.25. The van der Waals surface area contributed by atoms with Crippen LogP contribution in [0.3, 0.4) is 0 Å². The molecule has 0 spiro atoms. The molecule has 0 bridgehead atoms. The van der Waals surface area contributed by atoms with Crippen LogP contribution in [0.5, 0.6) is 0 Å². The molecule has 4 nitrogen and oxygen atoms in total. The molecule has 1 aliphatic carbocycles. The number of nitrogens with zero attached hydrogens (tertiary/aromatic N) is 2. The Morgan fingerprint density at radius 2 is 1.82 bits per heavy atom. The van der Waals surface area contributed by atoms with Gasteiger partial charge in [-0.1, -0.05) is 61.7 Å². The van der Waals surface area contributed by atoms with Gasteiger partial charge in [-0.25, -0.2) is 0 Å². The molecule has 120 valence electrons. The third kappa shape index (κ3) is 3.68. The zero-order valence-corrected chi connectivity index (χ0v) is 13.8. The van der Waals surface area contributed by atoms with Crippen molar-refractivity contribution in [1.82, 2.24) is 10.1 Å². The number of aromatic nitrogens is 2. The zero-order chi connectivity index (χ0) is 14.7. The van der Waals surface area contributed by atoms with Gasteiger partial charge in [0.15, 0.2) is 5.82 Å². The summed E-state index contributed by atoms with van der Waals surface area (Å²) in [6, 6.07) is 9.96. The topological polar surface area (TPSA) is 64.9 Å². The summed E-state index contributed by atoms with van der Waals surface area (Å²) in [7, 11) is 0. The Kier molecular flexibility index (Phi) is 5.98. The first-order valence-corrected chi connectivity index (χ1v) is 7.89. The van der Waals surface area contributed by atoms with E-state index in [1.165, 1.54) is 32.1 Å². The van der Waals surface area contributed by atoms with Crippen LogP contribution in [0.1, 0.15) is 74.2 Å². The lowest BCUT2D eigenvalue weighted by atomic mass is 9.89. The second-order valence-corrected chi connectivity index (χ2v) is 6.05. The first kappa shape index (κ1) is 17.0. The van der Waals surface area contributed by atoms with Crippen molar-refractivity contribution in [2.24, 2.45) is 5.73 Å². The standard InChI is InChI=1S/C17H23N3O.ClH/c1-12(15(18)13-8-4-2-5-9-13)17-19-16(20-21-17)14-10-6-3-7-11-14;/h2,4-5,8-9,12,14-15H,3,6-7,10-11,18H2,1H3;1H. The van der Waals surface area contributed by atoms with Gasteiger partial charge in [0.05, 0.1) is 5.92 Å². The number of benzene rings is 1. The fourth-order valence-corrected chi connectivity index (χ4v) is 3.08. The predicted octanol–water partition coefficient (Wildman–Crippen LogP) is 4.34. The van der Waals surface area contributed by atoms with Crippen molar-refractivity contribution in [2.75, 3.05) is 0 Å². The van der Waals surface area contributed by atoms with E-state index >= 15 is 0 Å². The van der Waals surface area contributed by atoms with Gasteiger partial charge < -0.3 is 10.3 Å². The van der Waals surface area contributed by atoms with Crippen LogP contribution in [0.15, 0.2) is 34.9 Å². The summed E-state index contributed by atoms with van der Waals surface area (Å²) >= 11 is 0. The van der Waals surface area contributed by atoms with Crippen LogP contribution >= 0.6 is 12.4 Å². The van der Waals surface area contributed by atoms with Crippen LogP contribution in [0.2, 0.25) is 0 Å². The molecule has 1 aromatic heterocycles. The maximum Gasteiger partial charge on any atom is 0.231 e. The van der Waals surface area contributed by atoms with Gasteiger partial charge in [0.1, 0.15) is 0 Å². The van der Waals surface area contributed by atoms with Crippen LogP contribution in [-0.4, -0.2) is 10.1 Å². The largest absolute Gasteiger partial charge is 0.339 e. The minimum atomic E-state index is -0.120. The summed E-state index contributed by atoms with van der Waals surface area (Å²) < 4.78 is 5.48. The van der Waals surface area contributed by atoms with Crippen molar-refractivity contribution < 1.29 is 4.52 Å². The van der Waals surface area contributed by atoms with E-state index in [2.05, 4.69) is 17.1 Å². The lowest BCUT2D eigenvalue weighted by Crippen LogP contribution is -2.18. The minimum absolute atomic E-state index is 0. The number of rotatable bonds is 4. The molecule has 2 aromatic rings. The normalized spacial score (nSPS) is 18.5. The first-order chi connectivity index (χ1) is 10.3. The molecule has 1 heterocycles. The van der Waals surface area contributed by atoms with Gasteiger partial charge >= 0.3 is 0 Å². The molecule has 5 heteroatoms. The van der Waals surface area contributed by atoms with Gasteiger partial charge in [-0.2, -0.15) is 4.98 Å². The van der Waals surface area contributed by atoms with Gasteiger partial charge in [0.2, 0.25) is 5.89 Å². The Labute approximate surface area is 137 Å². The van der Waals surface area contributed by atoms with Crippen molar-refractivity contribution in [3.63, 3.8) is 0 Å². The summed E-state index contributed by atoms with van der Waals surface area (Å²) in [4.78, 5) is 4.62. The highest BCUT2D eigenvalue weighted by Crippen LogP contribution is 2.33. The van der Waals surface area contributed by atoms with Gasteiger partial charge in [-0.3, -0.25) is 0 Å². The molecule has 1 aromatic carbocycles. The molecule has 0 saturated heterocycles. The Bertz CT molecular complexity index is 566. The third-order valence-electron chi connectivity index (χ3n) is 4.54. The molecular formula is C17H24ClN3O. The first-order valence-electron chi connectivity index (χ1n) is 7.89. The van der Waals surface area contributed by atoms with Crippen molar-refractivity contribution in [1.29, 1.82) is 0 Å². The molecular weight excluding hydrogens is 298 g/mol.